The third kappa shape index (κ3) is 8.72. The molecule has 10 aromatic rings. The van der Waals surface area contributed by atoms with Crippen molar-refractivity contribution in [1.29, 1.82) is 0 Å². The van der Waals surface area contributed by atoms with Gasteiger partial charge < -0.3 is 14.0 Å². The zero-order chi connectivity index (χ0) is 51.9. The van der Waals surface area contributed by atoms with Crippen molar-refractivity contribution < 1.29 is 33.0 Å². The maximum absolute atomic E-state index is 12.8. The van der Waals surface area contributed by atoms with Crippen LogP contribution in [-0.4, -0.2) is 27.6 Å². The summed E-state index contributed by atoms with van der Waals surface area (Å²) in [4.78, 5) is 14.1. The number of imidazole rings is 1. The van der Waals surface area contributed by atoms with Crippen molar-refractivity contribution >= 4 is 46.4 Å². The van der Waals surface area contributed by atoms with Gasteiger partial charge in [-0.3, -0.25) is 9.37 Å². The van der Waals surface area contributed by atoms with Gasteiger partial charge in [-0.2, -0.15) is 0 Å². The maximum Gasteiger partial charge on any atom is 0.216 e. The van der Waals surface area contributed by atoms with Crippen LogP contribution in [-0.2, 0) is 30.9 Å². The van der Waals surface area contributed by atoms with E-state index in [1.165, 1.54) is 61.8 Å². The number of hydrogen-bond donors (Lipinski definition) is 0. The second kappa shape index (κ2) is 18.7. The molecule has 0 spiro atoms. The summed E-state index contributed by atoms with van der Waals surface area (Å²) in [5, 5.41) is 2.91. The largest absolute Gasteiger partial charge is 0.486 e. The molecule has 361 valence electrons. The average Bonchev–Trinajstić information content (AvgIpc) is 3.94. The summed E-state index contributed by atoms with van der Waals surface area (Å²) in [6, 6.07) is 51.1. The molecule has 1 aliphatic rings. The molecule has 71 heavy (non-hydrogen) atoms. The first kappa shape index (κ1) is 45.8. The summed E-state index contributed by atoms with van der Waals surface area (Å²) in [6.45, 7) is 23.1. The molecule has 0 fully saturated rings. The quantitative estimate of drug-likeness (QED) is 0.118. The first-order valence-electron chi connectivity index (χ1n) is 25.8. The molecule has 6 aromatic carbocycles. The van der Waals surface area contributed by atoms with Crippen LogP contribution in [0.25, 0.3) is 83.7 Å². The average molecular weight is 1130 g/mol. The molecular formula is C63H61FIrN4OSi-2. The fourth-order valence-corrected chi connectivity index (χ4v) is 11.2. The van der Waals surface area contributed by atoms with Crippen LogP contribution < -0.4 is 5.19 Å². The van der Waals surface area contributed by atoms with E-state index in [2.05, 4.69) is 174 Å². The van der Waals surface area contributed by atoms with Crippen LogP contribution in [0.4, 0.5) is 4.39 Å². The molecule has 0 unspecified atom stereocenters. The summed E-state index contributed by atoms with van der Waals surface area (Å²) in [5.41, 5.74) is 16.3. The van der Waals surface area contributed by atoms with E-state index in [0.717, 1.165) is 38.8 Å². The first-order chi connectivity index (χ1) is 34.5. The fourth-order valence-electron chi connectivity index (χ4n) is 10.2. The van der Waals surface area contributed by atoms with Crippen molar-refractivity contribution in [1.82, 2.24) is 19.5 Å². The van der Waals surface area contributed by atoms with Crippen LogP contribution in [0.5, 0.6) is 0 Å². The van der Waals surface area contributed by atoms with Crippen LogP contribution in [0, 0.1) is 24.8 Å². The number of para-hydroxylation sites is 2. The summed E-state index contributed by atoms with van der Waals surface area (Å²) < 4.78 is 45.3. The van der Waals surface area contributed by atoms with E-state index in [1.807, 2.05) is 36.5 Å². The standard InChI is InChI=1S/C49H46N3O.C14H15FNSi.Ir/c1-28(2)38-25-32(31-22-24-34-33-15-10-11-18-40(33)48(6,7)49(8,9)41(34)27-31)26-39(29(3)4)44(38)52-43-20-13-12-19-42(43)51-46(52)37-17-14-16-35-36-23-21-30(5)50-47(36)53-45(35)37;1-17(2,3)13-8-9-14(16-10-13)11-4-6-12(15)7-5-11;/h10-16,18-29H,1-9H3;4,6-10H,1-3H3;/q2*-1;/i5D3;;. The maximum atomic E-state index is 12.8. The molecule has 1 radical (unpaired) electrons. The monoisotopic (exact) mass is 1130 g/mol. The first-order valence-corrected chi connectivity index (χ1v) is 27.8. The van der Waals surface area contributed by atoms with E-state index in [-0.39, 0.29) is 60.0 Å². The predicted octanol–water partition coefficient (Wildman–Crippen LogP) is 16.5. The Balaban J connectivity index is 0.000000317. The summed E-state index contributed by atoms with van der Waals surface area (Å²) in [7, 11) is -1.30. The molecule has 0 saturated heterocycles. The van der Waals surface area contributed by atoms with Gasteiger partial charge in [-0.25, -0.2) is 4.98 Å². The minimum atomic E-state index is -2.35. The Morgan fingerprint density at radius 3 is 2.08 bits per heavy atom. The number of nitrogens with zero attached hydrogens (tertiary/aromatic N) is 4. The Labute approximate surface area is 437 Å². The van der Waals surface area contributed by atoms with Crippen LogP contribution in [0.3, 0.4) is 0 Å². The van der Waals surface area contributed by atoms with Crippen molar-refractivity contribution in [2.75, 3.05) is 0 Å². The van der Waals surface area contributed by atoms with Gasteiger partial charge in [0.25, 0.3) is 0 Å². The molecule has 0 atom stereocenters. The van der Waals surface area contributed by atoms with Gasteiger partial charge >= 0.3 is 0 Å². The Morgan fingerprint density at radius 1 is 0.704 bits per heavy atom. The number of fused-ring (bicyclic) bond motifs is 7. The number of pyridine rings is 2. The number of benzene rings is 6. The Morgan fingerprint density at radius 2 is 1.41 bits per heavy atom. The Bertz CT molecular complexity index is 3710. The van der Waals surface area contributed by atoms with E-state index < -0.39 is 14.9 Å². The number of halogens is 1. The van der Waals surface area contributed by atoms with Crippen molar-refractivity contribution in [2.24, 2.45) is 0 Å². The zero-order valence-electron chi connectivity index (χ0n) is 45.3. The molecule has 0 N–H and O–H groups in total. The van der Waals surface area contributed by atoms with E-state index >= 15 is 0 Å². The number of rotatable bonds is 7. The molecule has 4 heterocycles. The molecule has 0 saturated carbocycles. The summed E-state index contributed by atoms with van der Waals surface area (Å²) in [6.07, 6.45) is 1.93. The van der Waals surface area contributed by atoms with Gasteiger partial charge in [0.15, 0.2) is 0 Å². The van der Waals surface area contributed by atoms with Crippen molar-refractivity contribution in [2.45, 2.75) is 105 Å². The van der Waals surface area contributed by atoms with Crippen molar-refractivity contribution in [3.63, 3.8) is 0 Å². The third-order valence-electron chi connectivity index (χ3n) is 14.9. The van der Waals surface area contributed by atoms with Gasteiger partial charge in [0, 0.05) is 53.0 Å². The minimum absolute atomic E-state index is 0. The number of hydrogen-bond acceptors (Lipinski definition) is 4. The predicted molar refractivity (Wildman–Crippen MR) is 292 cm³/mol. The topological polar surface area (TPSA) is 56.7 Å². The molecule has 4 aromatic heterocycles. The Kier molecular flexibility index (Phi) is 12.1. The van der Waals surface area contributed by atoms with Crippen molar-refractivity contribution in [3.05, 3.63) is 186 Å². The van der Waals surface area contributed by atoms with Gasteiger partial charge in [-0.05, 0) is 127 Å². The molecule has 0 amide bonds. The molecule has 1 aliphatic carbocycles. The fraction of sp³-hybridized carbons (Fsp3) is 0.254. The summed E-state index contributed by atoms with van der Waals surface area (Å²) >= 11 is 0. The second-order valence-corrected chi connectivity index (χ2v) is 26.6. The van der Waals surface area contributed by atoms with Gasteiger partial charge in [0.05, 0.1) is 30.5 Å². The van der Waals surface area contributed by atoms with Crippen LogP contribution in [0.2, 0.25) is 19.6 Å². The van der Waals surface area contributed by atoms with E-state index in [4.69, 9.17) is 13.5 Å². The van der Waals surface area contributed by atoms with Crippen LogP contribution in [0.15, 0.2) is 144 Å². The van der Waals surface area contributed by atoms with E-state index in [0.29, 0.717) is 17.0 Å². The normalized spacial score (nSPS) is 14.6. The van der Waals surface area contributed by atoms with Crippen LogP contribution in [0.1, 0.15) is 99.3 Å². The van der Waals surface area contributed by atoms with Gasteiger partial charge in [-0.1, -0.05) is 147 Å². The van der Waals surface area contributed by atoms with Gasteiger partial charge in [0.1, 0.15) is 0 Å². The second-order valence-electron chi connectivity index (χ2n) is 21.5. The van der Waals surface area contributed by atoms with Gasteiger partial charge in [-0.15, -0.1) is 48.0 Å². The van der Waals surface area contributed by atoms with E-state index in [9.17, 15) is 4.39 Å². The number of furan rings is 1. The molecular weight excluding hydrogens is 1070 g/mol. The molecule has 11 rings (SSSR count). The molecule has 0 bridgehead atoms. The number of aromatic nitrogens is 4. The zero-order valence-corrected chi connectivity index (χ0v) is 45.7. The summed E-state index contributed by atoms with van der Waals surface area (Å²) in [5.74, 6) is 0.807. The third-order valence-corrected chi connectivity index (χ3v) is 16.9. The SMILES string of the molecule is C[Si](C)(C)c1ccc(-c2[c-]cc(F)cc2)nc1.[2H]C([2H])([2H])c1ccc2c(n1)oc1c(-c3nc4ccccc4n3-c3c(C(C)C)cc(-c4ccc5c(c4)C(C)(C)C(C)(C)c4ccccc4-5)cc3C(C)C)[c-]ccc12.[Ir]. The number of aryl methyl sites for hydroxylation is 1. The van der Waals surface area contributed by atoms with Crippen LogP contribution >= 0.6 is 0 Å². The van der Waals surface area contributed by atoms with Gasteiger partial charge in [0.2, 0.25) is 5.71 Å². The van der Waals surface area contributed by atoms with Crippen molar-refractivity contribution in [3.8, 4) is 50.6 Å². The minimum Gasteiger partial charge on any atom is -0.486 e. The van der Waals surface area contributed by atoms with E-state index in [1.54, 1.807) is 18.2 Å². The molecule has 0 aliphatic heterocycles. The molecule has 8 heteroatoms. The smallest absolute Gasteiger partial charge is 0.216 e. The Hall–Kier alpha value is -6.31. The molecule has 5 nitrogen and oxygen atoms in total.